The Balaban J connectivity index is 2.73. The maximum atomic E-state index is 8.51. The number of likely N-dealkylation sites (N-methyl/N-ethyl adjacent to an activating group) is 1. The summed E-state index contributed by atoms with van der Waals surface area (Å²) in [6.45, 7) is 6.67. The number of rotatable bonds is 9. The first-order valence-electron chi connectivity index (χ1n) is 4.94. The van der Waals surface area contributed by atoms with Crippen LogP contribution in [0.3, 0.4) is 0 Å². The predicted octanol–water partition coefficient (Wildman–Crippen LogP) is 0.348. The number of hydrogen-bond acceptors (Lipinski definition) is 3. The highest BCUT2D eigenvalue weighted by Crippen LogP contribution is 1.91. The van der Waals surface area contributed by atoms with E-state index in [2.05, 4.69) is 17.6 Å². The van der Waals surface area contributed by atoms with Gasteiger partial charge in [0.05, 0.1) is 0 Å². The van der Waals surface area contributed by atoms with Crippen LogP contribution in [0.25, 0.3) is 0 Å². The zero-order valence-corrected chi connectivity index (χ0v) is 8.10. The van der Waals surface area contributed by atoms with E-state index in [9.17, 15) is 0 Å². The molecule has 0 radical (unpaired) electrons. The van der Waals surface area contributed by atoms with Gasteiger partial charge in [-0.15, -0.1) is 0 Å². The summed E-state index contributed by atoms with van der Waals surface area (Å²) < 4.78 is 0. The topological polar surface area (TPSA) is 44.3 Å². The number of unbranched alkanes of at least 4 members (excludes halogenated alkanes) is 2. The monoisotopic (exact) mass is 174 g/mol. The van der Waals surface area contributed by atoms with Gasteiger partial charge >= 0.3 is 0 Å². The predicted molar refractivity (Wildman–Crippen MR) is 52.4 cm³/mol. The lowest BCUT2D eigenvalue weighted by atomic mass is 10.2. The van der Waals surface area contributed by atoms with E-state index in [1.165, 1.54) is 6.42 Å². The first-order chi connectivity index (χ1) is 5.91. The summed E-state index contributed by atoms with van der Waals surface area (Å²) >= 11 is 0. The molecule has 0 rings (SSSR count). The van der Waals surface area contributed by atoms with Crippen molar-refractivity contribution in [2.45, 2.75) is 26.2 Å². The molecule has 0 amide bonds. The van der Waals surface area contributed by atoms with Gasteiger partial charge in [-0.3, -0.25) is 0 Å². The first-order valence-corrected chi connectivity index (χ1v) is 4.94. The summed E-state index contributed by atoms with van der Waals surface area (Å²) in [6, 6.07) is 0. The van der Waals surface area contributed by atoms with Gasteiger partial charge in [-0.1, -0.05) is 6.92 Å². The first kappa shape index (κ1) is 11.9. The van der Waals surface area contributed by atoms with Crippen LogP contribution in [0, 0.1) is 0 Å². The Morgan fingerprint density at radius 3 is 2.33 bits per heavy atom. The molecule has 0 spiro atoms. The fourth-order valence-electron chi connectivity index (χ4n) is 1.02. The van der Waals surface area contributed by atoms with Crippen LogP contribution < -0.4 is 10.6 Å². The van der Waals surface area contributed by atoms with Crippen molar-refractivity contribution in [3.05, 3.63) is 0 Å². The van der Waals surface area contributed by atoms with E-state index in [4.69, 9.17) is 5.11 Å². The van der Waals surface area contributed by atoms with Gasteiger partial charge in [0.2, 0.25) is 0 Å². The Hall–Kier alpha value is -0.120. The Bertz CT molecular complexity index is 68.9. The largest absolute Gasteiger partial charge is 0.396 e. The van der Waals surface area contributed by atoms with Crippen LogP contribution in [0.4, 0.5) is 0 Å². The van der Waals surface area contributed by atoms with Crippen molar-refractivity contribution in [3.63, 3.8) is 0 Å². The molecule has 0 saturated heterocycles. The summed E-state index contributed by atoms with van der Waals surface area (Å²) in [4.78, 5) is 0. The molecule has 0 unspecified atom stereocenters. The lowest BCUT2D eigenvalue weighted by Gasteiger charge is -2.04. The molecular formula is C9H22N2O. The van der Waals surface area contributed by atoms with Crippen LogP contribution in [-0.4, -0.2) is 37.9 Å². The molecule has 74 valence electrons. The molecule has 0 aliphatic heterocycles. The minimum absolute atomic E-state index is 0.331. The van der Waals surface area contributed by atoms with Crippen LogP contribution in [0.5, 0.6) is 0 Å². The zero-order valence-electron chi connectivity index (χ0n) is 8.10. The molecule has 0 bridgehead atoms. The molecule has 0 aliphatic carbocycles. The van der Waals surface area contributed by atoms with Crippen molar-refractivity contribution in [1.82, 2.24) is 10.6 Å². The maximum absolute atomic E-state index is 8.51. The third-order valence-electron chi connectivity index (χ3n) is 1.74. The van der Waals surface area contributed by atoms with Crippen molar-refractivity contribution in [2.75, 3.05) is 32.8 Å². The molecule has 3 heteroatoms. The maximum Gasteiger partial charge on any atom is 0.0431 e. The third-order valence-corrected chi connectivity index (χ3v) is 1.74. The highest BCUT2D eigenvalue weighted by Gasteiger charge is 1.88. The lowest BCUT2D eigenvalue weighted by molar-refractivity contribution is 0.283. The van der Waals surface area contributed by atoms with Gasteiger partial charge in [0.1, 0.15) is 0 Å². The van der Waals surface area contributed by atoms with Gasteiger partial charge in [0.15, 0.2) is 0 Å². The fourth-order valence-corrected chi connectivity index (χ4v) is 1.02. The smallest absolute Gasteiger partial charge is 0.0431 e. The zero-order chi connectivity index (χ0) is 9.07. The van der Waals surface area contributed by atoms with Crippen molar-refractivity contribution in [1.29, 1.82) is 0 Å². The average Bonchev–Trinajstić information content (AvgIpc) is 2.10. The third kappa shape index (κ3) is 9.88. The highest BCUT2D eigenvalue weighted by molar-refractivity contribution is 4.50. The Morgan fingerprint density at radius 1 is 0.917 bits per heavy atom. The van der Waals surface area contributed by atoms with Crippen LogP contribution >= 0.6 is 0 Å². The number of aliphatic hydroxyl groups excluding tert-OH is 1. The molecule has 0 saturated carbocycles. The molecular weight excluding hydrogens is 152 g/mol. The van der Waals surface area contributed by atoms with Gasteiger partial charge in [-0.2, -0.15) is 0 Å². The molecule has 0 aliphatic rings. The molecule has 0 atom stereocenters. The standard InChI is InChI=1S/C9H22N2O/c1-2-10-7-8-11-6-4-3-5-9-12/h10-12H,2-9H2,1H3. The van der Waals surface area contributed by atoms with E-state index in [1.807, 2.05) is 0 Å². The van der Waals surface area contributed by atoms with E-state index in [-0.39, 0.29) is 0 Å². The number of hydrogen-bond donors (Lipinski definition) is 3. The fraction of sp³-hybridized carbons (Fsp3) is 1.00. The van der Waals surface area contributed by atoms with Gasteiger partial charge in [-0.05, 0) is 32.4 Å². The quantitative estimate of drug-likeness (QED) is 0.442. The van der Waals surface area contributed by atoms with E-state index in [1.54, 1.807) is 0 Å². The van der Waals surface area contributed by atoms with E-state index in [0.717, 1.165) is 39.0 Å². The number of aliphatic hydroxyl groups is 1. The summed E-state index contributed by atoms with van der Waals surface area (Å²) in [7, 11) is 0. The molecule has 0 heterocycles. The molecule has 0 aromatic carbocycles. The van der Waals surface area contributed by atoms with Gasteiger partial charge in [-0.25, -0.2) is 0 Å². The second-order valence-electron chi connectivity index (χ2n) is 2.89. The summed E-state index contributed by atoms with van der Waals surface area (Å²) in [6.07, 6.45) is 3.24. The molecule has 3 nitrogen and oxygen atoms in total. The summed E-state index contributed by atoms with van der Waals surface area (Å²) in [5.41, 5.74) is 0. The van der Waals surface area contributed by atoms with E-state index >= 15 is 0 Å². The molecule has 12 heavy (non-hydrogen) atoms. The second kappa shape index (κ2) is 10.9. The van der Waals surface area contributed by atoms with Crippen molar-refractivity contribution >= 4 is 0 Å². The van der Waals surface area contributed by atoms with Crippen LogP contribution in [0.15, 0.2) is 0 Å². The molecule has 0 fully saturated rings. The Kier molecular flexibility index (Phi) is 10.8. The molecule has 0 aromatic heterocycles. The SMILES string of the molecule is CCNCCNCCCCCO. The summed E-state index contributed by atoms with van der Waals surface area (Å²) in [5.74, 6) is 0. The molecule has 0 aromatic rings. The normalized spacial score (nSPS) is 10.5. The van der Waals surface area contributed by atoms with Crippen LogP contribution in [0.2, 0.25) is 0 Å². The van der Waals surface area contributed by atoms with Gasteiger partial charge in [0.25, 0.3) is 0 Å². The molecule has 3 N–H and O–H groups in total. The van der Waals surface area contributed by atoms with Crippen molar-refractivity contribution in [3.8, 4) is 0 Å². The van der Waals surface area contributed by atoms with Gasteiger partial charge in [0, 0.05) is 19.7 Å². The Morgan fingerprint density at radius 2 is 1.67 bits per heavy atom. The van der Waals surface area contributed by atoms with Gasteiger partial charge < -0.3 is 15.7 Å². The average molecular weight is 174 g/mol. The van der Waals surface area contributed by atoms with Crippen molar-refractivity contribution < 1.29 is 5.11 Å². The van der Waals surface area contributed by atoms with Crippen LogP contribution in [0.1, 0.15) is 26.2 Å². The van der Waals surface area contributed by atoms with Crippen molar-refractivity contribution in [2.24, 2.45) is 0 Å². The lowest BCUT2D eigenvalue weighted by Crippen LogP contribution is -2.27. The highest BCUT2D eigenvalue weighted by atomic mass is 16.2. The van der Waals surface area contributed by atoms with E-state index in [0.29, 0.717) is 6.61 Å². The number of nitrogens with one attached hydrogen (secondary N) is 2. The summed E-state index contributed by atoms with van der Waals surface area (Å²) in [5, 5.41) is 15.1. The Labute approximate surface area is 75.6 Å². The van der Waals surface area contributed by atoms with Crippen LogP contribution in [-0.2, 0) is 0 Å². The minimum atomic E-state index is 0.331. The van der Waals surface area contributed by atoms with E-state index < -0.39 is 0 Å². The second-order valence-corrected chi connectivity index (χ2v) is 2.89. The minimum Gasteiger partial charge on any atom is -0.396 e.